The van der Waals surface area contributed by atoms with Crippen LogP contribution in [0.1, 0.15) is 13.8 Å². The number of hydrogen-bond acceptors (Lipinski definition) is 7. The second-order valence-corrected chi connectivity index (χ2v) is 6.88. The summed E-state index contributed by atoms with van der Waals surface area (Å²) in [7, 11) is 1.65. The number of nitrogens with one attached hydrogen (secondary N) is 2. The van der Waals surface area contributed by atoms with E-state index in [-0.39, 0.29) is 5.91 Å². The van der Waals surface area contributed by atoms with E-state index < -0.39 is 18.2 Å². The van der Waals surface area contributed by atoms with Gasteiger partial charge in [-0.1, -0.05) is 12.1 Å². The molecule has 3 aliphatic rings. The molecule has 2 unspecified atom stereocenters. The number of carbonyl (C=O) groups excluding carboxylic acids is 2. The minimum absolute atomic E-state index is 0.318. The van der Waals surface area contributed by atoms with Crippen molar-refractivity contribution >= 4 is 23.6 Å². The summed E-state index contributed by atoms with van der Waals surface area (Å²) in [5.41, 5.74) is 1.94. The van der Waals surface area contributed by atoms with Crippen LogP contribution in [-0.4, -0.2) is 71.5 Å². The highest BCUT2D eigenvalue weighted by atomic mass is 16.5. The van der Waals surface area contributed by atoms with Crippen molar-refractivity contribution in [1.82, 2.24) is 20.0 Å². The fraction of sp³-hybridized carbons (Fsp3) is 0.421. The number of imide groups is 1. The van der Waals surface area contributed by atoms with E-state index in [1.807, 2.05) is 49.2 Å². The Kier molecular flexibility index (Phi) is 4.58. The van der Waals surface area contributed by atoms with E-state index in [2.05, 4.69) is 20.5 Å². The van der Waals surface area contributed by atoms with Crippen LogP contribution in [0.15, 0.2) is 41.2 Å². The van der Waals surface area contributed by atoms with Crippen molar-refractivity contribution in [3.63, 3.8) is 0 Å². The zero-order chi connectivity index (χ0) is 19.8. The number of ether oxygens (including phenoxy) is 1. The minimum atomic E-state index is -0.524. The molecule has 1 aromatic carbocycles. The van der Waals surface area contributed by atoms with Gasteiger partial charge in [0.05, 0.1) is 12.3 Å². The third-order valence-electron chi connectivity index (χ3n) is 5.11. The lowest BCUT2D eigenvalue weighted by atomic mass is 10.1. The van der Waals surface area contributed by atoms with Crippen LogP contribution < -0.4 is 15.4 Å². The molecular weight excluding hydrogens is 360 g/mol. The zero-order valence-electron chi connectivity index (χ0n) is 16.2. The van der Waals surface area contributed by atoms with Crippen molar-refractivity contribution in [2.45, 2.75) is 26.1 Å². The average Bonchev–Trinajstić information content (AvgIpc) is 3.17. The van der Waals surface area contributed by atoms with Crippen LogP contribution in [0.25, 0.3) is 0 Å². The number of nitrogens with zero attached hydrogens (tertiary/aromatic N) is 4. The second kappa shape index (κ2) is 7.06. The van der Waals surface area contributed by atoms with Gasteiger partial charge in [-0.05, 0) is 26.0 Å². The third-order valence-corrected chi connectivity index (χ3v) is 5.11. The average molecular weight is 384 g/mol. The maximum Gasteiger partial charge on any atom is 0.325 e. The summed E-state index contributed by atoms with van der Waals surface area (Å²) >= 11 is 0. The third kappa shape index (κ3) is 2.92. The second-order valence-electron chi connectivity index (χ2n) is 6.88. The highest BCUT2D eigenvalue weighted by Crippen LogP contribution is 2.31. The van der Waals surface area contributed by atoms with Crippen LogP contribution in [-0.2, 0) is 4.79 Å². The molecule has 0 spiro atoms. The molecule has 0 aliphatic carbocycles. The maximum atomic E-state index is 12.3. The van der Waals surface area contributed by atoms with E-state index in [4.69, 9.17) is 4.74 Å². The molecule has 9 nitrogen and oxygen atoms in total. The molecule has 2 atom stereocenters. The number of likely N-dealkylation sites (N-methyl/N-ethyl adjacent to an activating group) is 1. The fourth-order valence-electron chi connectivity index (χ4n) is 3.72. The van der Waals surface area contributed by atoms with Gasteiger partial charge in [-0.3, -0.25) is 10.1 Å². The molecule has 1 fully saturated rings. The number of amides is 3. The Morgan fingerprint density at radius 1 is 1.29 bits per heavy atom. The molecule has 3 heterocycles. The smallest absolute Gasteiger partial charge is 0.325 e. The van der Waals surface area contributed by atoms with E-state index in [0.29, 0.717) is 25.7 Å². The Morgan fingerprint density at radius 3 is 2.86 bits per heavy atom. The number of guanidine groups is 1. The lowest BCUT2D eigenvalue weighted by molar-refractivity contribution is -0.126. The van der Waals surface area contributed by atoms with Crippen LogP contribution >= 0.6 is 0 Å². The first-order chi connectivity index (χ1) is 13.5. The van der Waals surface area contributed by atoms with E-state index in [1.54, 1.807) is 7.05 Å². The topological polar surface area (TPSA) is 89.5 Å². The minimum Gasteiger partial charge on any atom is -0.492 e. The molecule has 0 saturated carbocycles. The molecule has 0 bridgehead atoms. The molecule has 2 N–H and O–H groups in total. The molecule has 4 rings (SSSR count). The molecule has 28 heavy (non-hydrogen) atoms. The Morgan fingerprint density at radius 2 is 2.07 bits per heavy atom. The number of anilines is 1. The number of urea groups is 1. The predicted octanol–water partition coefficient (Wildman–Crippen LogP) is 1.22. The Bertz CT molecular complexity index is 867. The molecular formula is C19H24N6O3. The van der Waals surface area contributed by atoms with Crippen molar-refractivity contribution in [1.29, 1.82) is 0 Å². The van der Waals surface area contributed by atoms with E-state index in [0.717, 1.165) is 17.1 Å². The van der Waals surface area contributed by atoms with E-state index in [9.17, 15) is 9.59 Å². The Hall–Kier alpha value is -3.23. The van der Waals surface area contributed by atoms with Gasteiger partial charge in [-0.25, -0.2) is 9.79 Å². The van der Waals surface area contributed by atoms with Crippen molar-refractivity contribution in [2.24, 2.45) is 4.99 Å². The quantitative estimate of drug-likeness (QED) is 0.767. The van der Waals surface area contributed by atoms with Crippen molar-refractivity contribution in [3.05, 3.63) is 36.2 Å². The van der Waals surface area contributed by atoms with Crippen LogP contribution in [0.2, 0.25) is 0 Å². The lowest BCUT2D eigenvalue weighted by Crippen LogP contribution is -2.62. The number of benzene rings is 1. The number of aliphatic imine (C=N–C) groups is 1. The molecule has 1 aromatic rings. The van der Waals surface area contributed by atoms with Gasteiger partial charge in [-0.2, -0.15) is 0 Å². The maximum absolute atomic E-state index is 12.3. The predicted molar refractivity (Wildman–Crippen MR) is 105 cm³/mol. The highest BCUT2D eigenvalue weighted by Gasteiger charge is 2.51. The summed E-state index contributed by atoms with van der Waals surface area (Å²) in [5, 5.41) is 5.79. The number of carbonyl (C=O) groups is 2. The summed E-state index contributed by atoms with van der Waals surface area (Å²) < 4.78 is 5.65. The van der Waals surface area contributed by atoms with Crippen molar-refractivity contribution in [3.8, 4) is 5.75 Å². The molecule has 148 valence electrons. The van der Waals surface area contributed by atoms with Gasteiger partial charge in [0.2, 0.25) is 5.96 Å². The van der Waals surface area contributed by atoms with E-state index in [1.165, 1.54) is 4.90 Å². The van der Waals surface area contributed by atoms with Gasteiger partial charge >= 0.3 is 6.03 Å². The summed E-state index contributed by atoms with van der Waals surface area (Å²) in [4.78, 5) is 34.3. The number of allylic oxidation sites excluding steroid dienone is 1. The van der Waals surface area contributed by atoms with Gasteiger partial charge in [0, 0.05) is 32.0 Å². The summed E-state index contributed by atoms with van der Waals surface area (Å²) in [6.07, 6.45) is 1.41. The number of rotatable bonds is 6. The van der Waals surface area contributed by atoms with Crippen LogP contribution in [0.5, 0.6) is 5.75 Å². The van der Waals surface area contributed by atoms with Crippen molar-refractivity contribution in [2.75, 3.05) is 32.1 Å². The fourth-order valence-corrected chi connectivity index (χ4v) is 3.72. The monoisotopic (exact) mass is 384 g/mol. The Balaban J connectivity index is 1.46. The van der Waals surface area contributed by atoms with Gasteiger partial charge in [0.25, 0.3) is 5.91 Å². The molecule has 3 aliphatic heterocycles. The molecule has 9 heteroatoms. The van der Waals surface area contributed by atoms with Crippen molar-refractivity contribution < 1.29 is 14.3 Å². The molecule has 3 amide bonds. The molecule has 1 saturated heterocycles. The first-order valence-electron chi connectivity index (χ1n) is 9.36. The standard InChI is InChI=1S/C19H24N6O3/c1-4-28-14-8-6-5-7-13(14)20-9-10-24-12(2)11-25-15-16(21-18(24)25)23(3)19(27)22-17(15)26/h5-8,11,15-16,20H,4,9-10H2,1-3H3,(H,22,26,27). The van der Waals surface area contributed by atoms with Crippen LogP contribution in [0.3, 0.4) is 0 Å². The summed E-state index contributed by atoms with van der Waals surface area (Å²) in [6, 6.07) is 6.88. The first kappa shape index (κ1) is 18.1. The normalized spacial score (nSPS) is 23.2. The summed E-state index contributed by atoms with van der Waals surface area (Å²) in [6.45, 7) is 5.88. The summed E-state index contributed by atoms with van der Waals surface area (Å²) in [5.74, 6) is 1.20. The number of para-hydroxylation sites is 2. The van der Waals surface area contributed by atoms with E-state index >= 15 is 0 Å². The van der Waals surface area contributed by atoms with Crippen LogP contribution in [0, 0.1) is 0 Å². The van der Waals surface area contributed by atoms with Gasteiger partial charge in [0.1, 0.15) is 5.75 Å². The largest absolute Gasteiger partial charge is 0.492 e. The zero-order valence-corrected chi connectivity index (χ0v) is 16.2. The van der Waals surface area contributed by atoms with Gasteiger partial charge < -0.3 is 24.8 Å². The SMILES string of the molecule is CCOc1ccccc1NCCN1C(C)=CN2C1=NC1C2C(=O)NC(=O)N1C. The van der Waals surface area contributed by atoms with Gasteiger partial charge in [-0.15, -0.1) is 0 Å². The number of fused-ring (bicyclic) bond motifs is 3. The lowest BCUT2D eigenvalue weighted by Gasteiger charge is -2.34. The number of hydrogen-bond donors (Lipinski definition) is 2. The Labute approximate surface area is 163 Å². The molecule has 0 aromatic heterocycles. The van der Waals surface area contributed by atoms with Crippen LogP contribution in [0.4, 0.5) is 10.5 Å². The molecule has 0 radical (unpaired) electrons. The highest BCUT2D eigenvalue weighted by molar-refractivity contribution is 6.04. The first-order valence-corrected chi connectivity index (χ1v) is 9.36. The van der Waals surface area contributed by atoms with Gasteiger partial charge in [0.15, 0.2) is 12.2 Å².